The third-order valence-corrected chi connectivity index (χ3v) is 4.04. The van der Waals surface area contributed by atoms with Gasteiger partial charge < -0.3 is 15.5 Å². The topological polar surface area (TPSA) is 44.4 Å². The molecule has 2 aliphatic heterocycles. The van der Waals surface area contributed by atoms with E-state index in [1.165, 1.54) is 32.5 Å². The van der Waals surface area contributed by atoms with Crippen molar-refractivity contribution in [3.05, 3.63) is 0 Å². The monoisotopic (exact) mass is 239 g/mol. The minimum atomic E-state index is 0.213. The Hall–Kier alpha value is -0.610. The molecular formula is C13H25N3O. The van der Waals surface area contributed by atoms with Gasteiger partial charge in [0.15, 0.2) is 0 Å². The number of likely N-dealkylation sites (tertiary alicyclic amines) is 1. The van der Waals surface area contributed by atoms with E-state index in [2.05, 4.69) is 15.5 Å². The zero-order valence-electron chi connectivity index (χ0n) is 10.9. The molecule has 0 spiro atoms. The molecule has 2 unspecified atom stereocenters. The first-order valence-corrected chi connectivity index (χ1v) is 6.94. The van der Waals surface area contributed by atoms with Gasteiger partial charge in [0, 0.05) is 20.1 Å². The molecule has 0 aliphatic carbocycles. The van der Waals surface area contributed by atoms with E-state index in [-0.39, 0.29) is 11.8 Å². The van der Waals surface area contributed by atoms with Crippen LogP contribution in [0.2, 0.25) is 0 Å². The first-order valence-electron chi connectivity index (χ1n) is 6.94. The lowest BCUT2D eigenvalue weighted by Crippen LogP contribution is -2.45. The maximum atomic E-state index is 11.7. The Morgan fingerprint density at radius 2 is 2.29 bits per heavy atom. The first kappa shape index (κ1) is 12.8. The number of rotatable bonds is 3. The Kier molecular flexibility index (Phi) is 4.80. The third kappa shape index (κ3) is 3.68. The van der Waals surface area contributed by atoms with Crippen LogP contribution in [0.4, 0.5) is 0 Å². The van der Waals surface area contributed by atoms with Crippen molar-refractivity contribution in [3.8, 4) is 0 Å². The van der Waals surface area contributed by atoms with Crippen LogP contribution in [0.15, 0.2) is 0 Å². The second-order valence-electron chi connectivity index (χ2n) is 5.43. The molecule has 0 aromatic carbocycles. The summed E-state index contributed by atoms with van der Waals surface area (Å²) in [5.74, 6) is 1.22. The largest absolute Gasteiger partial charge is 0.359 e. The standard InChI is InChI=1S/C13H25N3O/c1-14-13(17)12-5-3-7-16(10-12)9-11-4-2-6-15-8-11/h11-12,15H,2-10H2,1H3,(H,14,17). The second-order valence-corrected chi connectivity index (χ2v) is 5.43. The van der Waals surface area contributed by atoms with Crippen LogP contribution in [0.1, 0.15) is 25.7 Å². The summed E-state index contributed by atoms with van der Waals surface area (Å²) >= 11 is 0. The van der Waals surface area contributed by atoms with Gasteiger partial charge in [-0.3, -0.25) is 4.79 Å². The molecule has 2 rings (SSSR count). The van der Waals surface area contributed by atoms with Crippen molar-refractivity contribution in [3.63, 3.8) is 0 Å². The van der Waals surface area contributed by atoms with Crippen LogP contribution in [0.3, 0.4) is 0 Å². The summed E-state index contributed by atoms with van der Waals surface area (Å²) in [5.41, 5.74) is 0. The van der Waals surface area contributed by atoms with E-state index in [0.717, 1.165) is 31.8 Å². The van der Waals surface area contributed by atoms with Gasteiger partial charge in [0.25, 0.3) is 0 Å². The van der Waals surface area contributed by atoms with Crippen LogP contribution in [-0.4, -0.2) is 50.6 Å². The molecule has 98 valence electrons. The van der Waals surface area contributed by atoms with Crippen LogP contribution in [-0.2, 0) is 4.79 Å². The fourth-order valence-corrected chi connectivity index (χ4v) is 3.08. The van der Waals surface area contributed by atoms with Gasteiger partial charge in [0.05, 0.1) is 5.92 Å². The predicted molar refractivity (Wildman–Crippen MR) is 68.8 cm³/mol. The number of hydrogen-bond donors (Lipinski definition) is 2. The molecule has 0 saturated carbocycles. The van der Waals surface area contributed by atoms with Crippen LogP contribution < -0.4 is 10.6 Å². The molecule has 2 saturated heterocycles. The molecule has 17 heavy (non-hydrogen) atoms. The fourth-order valence-electron chi connectivity index (χ4n) is 3.08. The van der Waals surface area contributed by atoms with Gasteiger partial charge in [-0.05, 0) is 51.2 Å². The smallest absolute Gasteiger partial charge is 0.224 e. The number of carbonyl (C=O) groups is 1. The van der Waals surface area contributed by atoms with E-state index in [9.17, 15) is 4.79 Å². The minimum absolute atomic E-state index is 0.213. The van der Waals surface area contributed by atoms with Gasteiger partial charge in [-0.15, -0.1) is 0 Å². The number of amides is 1. The van der Waals surface area contributed by atoms with Crippen molar-refractivity contribution in [1.29, 1.82) is 0 Å². The highest BCUT2D eigenvalue weighted by Crippen LogP contribution is 2.19. The number of nitrogens with one attached hydrogen (secondary N) is 2. The van der Waals surface area contributed by atoms with E-state index in [0.29, 0.717) is 0 Å². The molecule has 4 heteroatoms. The van der Waals surface area contributed by atoms with E-state index >= 15 is 0 Å². The number of nitrogens with zero attached hydrogens (tertiary/aromatic N) is 1. The lowest BCUT2D eigenvalue weighted by Gasteiger charge is -2.35. The van der Waals surface area contributed by atoms with E-state index in [1.807, 2.05) is 0 Å². The average Bonchev–Trinajstić information content (AvgIpc) is 2.39. The molecule has 0 aromatic rings. The van der Waals surface area contributed by atoms with E-state index in [1.54, 1.807) is 7.05 Å². The van der Waals surface area contributed by atoms with Crippen LogP contribution >= 0.6 is 0 Å². The summed E-state index contributed by atoms with van der Waals surface area (Å²) in [4.78, 5) is 14.1. The Labute approximate surface area is 104 Å². The predicted octanol–water partition coefficient (Wildman–Crippen LogP) is 0.444. The highest BCUT2D eigenvalue weighted by Gasteiger charge is 2.26. The van der Waals surface area contributed by atoms with Crippen molar-refractivity contribution in [2.24, 2.45) is 11.8 Å². The van der Waals surface area contributed by atoms with Gasteiger partial charge in [0.2, 0.25) is 5.91 Å². The molecule has 0 bridgehead atoms. The molecular weight excluding hydrogens is 214 g/mol. The summed E-state index contributed by atoms with van der Waals surface area (Å²) in [6.45, 7) is 5.62. The normalized spacial score (nSPS) is 31.1. The average molecular weight is 239 g/mol. The van der Waals surface area contributed by atoms with Gasteiger partial charge >= 0.3 is 0 Å². The zero-order chi connectivity index (χ0) is 12.1. The molecule has 2 N–H and O–H groups in total. The maximum absolute atomic E-state index is 11.7. The molecule has 0 radical (unpaired) electrons. The Bertz CT molecular complexity index is 251. The highest BCUT2D eigenvalue weighted by atomic mass is 16.1. The SMILES string of the molecule is CNC(=O)C1CCCN(CC2CCCNC2)C1. The molecule has 4 nitrogen and oxygen atoms in total. The van der Waals surface area contributed by atoms with Crippen molar-refractivity contribution in [1.82, 2.24) is 15.5 Å². The molecule has 2 heterocycles. The van der Waals surface area contributed by atoms with Crippen molar-refractivity contribution in [2.45, 2.75) is 25.7 Å². The van der Waals surface area contributed by atoms with E-state index in [4.69, 9.17) is 0 Å². The number of hydrogen-bond acceptors (Lipinski definition) is 3. The van der Waals surface area contributed by atoms with Crippen LogP contribution in [0.5, 0.6) is 0 Å². The van der Waals surface area contributed by atoms with Crippen LogP contribution in [0, 0.1) is 11.8 Å². The Morgan fingerprint density at radius 3 is 3.00 bits per heavy atom. The quantitative estimate of drug-likeness (QED) is 0.751. The zero-order valence-corrected chi connectivity index (χ0v) is 10.9. The van der Waals surface area contributed by atoms with Gasteiger partial charge in [-0.1, -0.05) is 0 Å². The molecule has 2 atom stereocenters. The van der Waals surface area contributed by atoms with Crippen molar-refractivity contribution >= 4 is 5.91 Å². The highest BCUT2D eigenvalue weighted by molar-refractivity contribution is 5.78. The van der Waals surface area contributed by atoms with Crippen molar-refractivity contribution < 1.29 is 4.79 Å². The summed E-state index contributed by atoms with van der Waals surface area (Å²) in [5, 5.41) is 6.24. The molecule has 0 aromatic heterocycles. The number of carbonyl (C=O) groups excluding carboxylic acids is 1. The summed E-state index contributed by atoms with van der Waals surface area (Å²) in [6.07, 6.45) is 4.86. The number of piperidine rings is 2. The van der Waals surface area contributed by atoms with Crippen LogP contribution in [0.25, 0.3) is 0 Å². The second kappa shape index (κ2) is 6.36. The lowest BCUT2D eigenvalue weighted by atomic mass is 9.94. The first-order chi connectivity index (χ1) is 8.29. The summed E-state index contributed by atoms with van der Waals surface area (Å²) < 4.78 is 0. The lowest BCUT2D eigenvalue weighted by molar-refractivity contribution is -0.126. The van der Waals surface area contributed by atoms with Gasteiger partial charge in [-0.2, -0.15) is 0 Å². The summed E-state index contributed by atoms with van der Waals surface area (Å²) in [6, 6.07) is 0. The van der Waals surface area contributed by atoms with Gasteiger partial charge in [0.1, 0.15) is 0 Å². The Morgan fingerprint density at radius 1 is 1.41 bits per heavy atom. The van der Waals surface area contributed by atoms with E-state index < -0.39 is 0 Å². The summed E-state index contributed by atoms with van der Waals surface area (Å²) in [7, 11) is 1.74. The van der Waals surface area contributed by atoms with Gasteiger partial charge in [-0.25, -0.2) is 0 Å². The maximum Gasteiger partial charge on any atom is 0.224 e. The third-order valence-electron chi connectivity index (χ3n) is 4.04. The Balaban J connectivity index is 1.78. The molecule has 2 fully saturated rings. The van der Waals surface area contributed by atoms with Crippen molar-refractivity contribution in [2.75, 3.05) is 39.8 Å². The molecule has 2 aliphatic rings. The molecule has 1 amide bonds. The minimum Gasteiger partial charge on any atom is -0.359 e. The fraction of sp³-hybridized carbons (Fsp3) is 0.923.